The number of rotatable bonds is 1. The van der Waals surface area contributed by atoms with Crippen molar-refractivity contribution in [2.75, 3.05) is 0 Å². The van der Waals surface area contributed by atoms with Crippen LogP contribution in [0.15, 0.2) is 18.3 Å². The molecule has 0 amide bonds. The Bertz CT molecular complexity index is 178. The van der Waals surface area contributed by atoms with Crippen LogP contribution in [0, 0.1) is 0 Å². The maximum absolute atomic E-state index is 10.0. The molecule has 42 valence electrons. The average molecular weight is 112 g/mol. The van der Waals surface area contributed by atoms with E-state index in [1.54, 1.807) is 12.3 Å². The molecule has 0 unspecified atom stereocenters. The van der Waals surface area contributed by atoms with Gasteiger partial charge in [0.05, 0.1) is 0 Å². The monoisotopic (exact) mass is 112 g/mol. The minimum absolute atomic E-state index is 0.227. The minimum atomic E-state index is -0.921. The van der Waals surface area contributed by atoms with Gasteiger partial charge >= 0.3 is 5.97 Å². The van der Waals surface area contributed by atoms with E-state index in [-0.39, 0.29) is 5.69 Å². The first-order valence-corrected chi connectivity index (χ1v) is 2.17. The summed E-state index contributed by atoms with van der Waals surface area (Å²) in [5.41, 5.74) is 0.227. The lowest BCUT2D eigenvalue weighted by molar-refractivity contribution is 0.0691. The van der Waals surface area contributed by atoms with Gasteiger partial charge in [0.25, 0.3) is 0 Å². The van der Waals surface area contributed by atoms with E-state index >= 15 is 0 Å². The Kier molecular flexibility index (Phi) is 1.04. The van der Waals surface area contributed by atoms with Crippen molar-refractivity contribution < 1.29 is 9.90 Å². The molecule has 0 aliphatic carbocycles. The molecule has 3 heteroatoms. The third-order valence-corrected chi connectivity index (χ3v) is 0.828. The highest BCUT2D eigenvalue weighted by atomic mass is 16.5. The molecule has 0 aliphatic rings. The zero-order valence-corrected chi connectivity index (χ0v) is 4.09. The van der Waals surface area contributed by atoms with E-state index in [2.05, 4.69) is 4.98 Å². The van der Waals surface area contributed by atoms with Crippen LogP contribution in [0.1, 0.15) is 10.5 Å². The van der Waals surface area contributed by atoms with Crippen LogP contribution >= 0.6 is 0 Å². The molecule has 0 aromatic carbocycles. The molecular weight excluding hydrogens is 107 g/mol. The van der Waals surface area contributed by atoms with Gasteiger partial charge in [-0.2, -0.15) is 0 Å². The van der Waals surface area contributed by atoms with Crippen LogP contribution in [0.4, 0.5) is 0 Å². The zero-order valence-electron chi connectivity index (χ0n) is 4.09. The second-order valence-corrected chi connectivity index (χ2v) is 1.39. The molecule has 1 aromatic rings. The Morgan fingerprint density at radius 2 is 2.50 bits per heavy atom. The van der Waals surface area contributed by atoms with Crippen molar-refractivity contribution in [3.05, 3.63) is 24.0 Å². The number of aromatic amines is 1. The van der Waals surface area contributed by atoms with E-state index in [1.807, 2.05) is 0 Å². The number of hydrogen-bond donors (Lipinski definition) is 2. The summed E-state index contributed by atoms with van der Waals surface area (Å²) in [5, 5.41) is 8.24. The van der Waals surface area contributed by atoms with Gasteiger partial charge in [0.1, 0.15) is 5.69 Å². The van der Waals surface area contributed by atoms with Crippen LogP contribution in [0.3, 0.4) is 0 Å². The lowest BCUT2D eigenvalue weighted by atomic mass is 10.6. The summed E-state index contributed by atoms with van der Waals surface area (Å²) >= 11 is 0. The first-order chi connectivity index (χ1) is 3.80. The van der Waals surface area contributed by atoms with Crippen molar-refractivity contribution in [1.29, 1.82) is 0 Å². The van der Waals surface area contributed by atoms with Crippen molar-refractivity contribution in [1.82, 2.24) is 4.98 Å². The molecule has 0 saturated heterocycles. The Labute approximate surface area is 46.0 Å². The molecule has 0 saturated carbocycles. The second-order valence-electron chi connectivity index (χ2n) is 1.39. The van der Waals surface area contributed by atoms with Gasteiger partial charge in [-0.25, -0.2) is 4.79 Å². The number of aromatic carboxylic acids is 1. The van der Waals surface area contributed by atoms with Crippen molar-refractivity contribution in [3.8, 4) is 0 Å². The predicted octanol–water partition coefficient (Wildman–Crippen LogP) is 0.713. The lowest BCUT2D eigenvalue weighted by Crippen LogP contribution is -1.94. The van der Waals surface area contributed by atoms with Crippen LogP contribution in [-0.2, 0) is 0 Å². The van der Waals surface area contributed by atoms with Crippen LogP contribution in [0.2, 0.25) is 0 Å². The summed E-state index contributed by atoms with van der Waals surface area (Å²) in [6.45, 7) is 0. The fraction of sp³-hybridized carbons (Fsp3) is 0. The number of carboxylic acids is 1. The summed E-state index contributed by atoms with van der Waals surface area (Å²) in [6.07, 6.45) is 1.57. The van der Waals surface area contributed by atoms with Crippen LogP contribution in [0.25, 0.3) is 0 Å². The molecule has 2 N–H and O–H groups in total. The fourth-order valence-corrected chi connectivity index (χ4v) is 0.463. The smallest absolute Gasteiger partial charge is 0.352 e. The molecule has 0 fully saturated rings. The van der Waals surface area contributed by atoms with Crippen molar-refractivity contribution in [3.63, 3.8) is 0 Å². The van der Waals surface area contributed by atoms with E-state index in [0.717, 1.165) is 0 Å². The topological polar surface area (TPSA) is 53.1 Å². The predicted molar refractivity (Wildman–Crippen MR) is 27.8 cm³/mol. The van der Waals surface area contributed by atoms with Crippen molar-refractivity contribution in [2.45, 2.75) is 0 Å². The highest BCUT2D eigenvalue weighted by molar-refractivity contribution is 5.85. The highest BCUT2D eigenvalue weighted by Gasteiger charge is 1.98. The molecule has 3 nitrogen and oxygen atoms in total. The Morgan fingerprint density at radius 3 is 2.75 bits per heavy atom. The average Bonchev–Trinajstić information content (AvgIpc) is 2.12. The highest BCUT2D eigenvalue weighted by Crippen LogP contribution is 1.91. The van der Waals surface area contributed by atoms with Gasteiger partial charge in [0.2, 0.25) is 0 Å². The van der Waals surface area contributed by atoms with Gasteiger partial charge in [-0.15, -0.1) is 0 Å². The summed E-state index contributed by atoms with van der Waals surface area (Å²) in [5.74, 6) is -0.921. The molecule has 0 spiro atoms. The lowest BCUT2D eigenvalue weighted by Gasteiger charge is -1.80. The zero-order chi connectivity index (χ0) is 5.98. The van der Waals surface area contributed by atoms with Gasteiger partial charge in [0, 0.05) is 6.20 Å². The number of carbonyl (C=O) groups is 1. The number of nitrogens with one attached hydrogen (secondary N) is 1. The third kappa shape index (κ3) is 0.703. The maximum Gasteiger partial charge on any atom is 0.352 e. The molecule has 1 aromatic heterocycles. The largest absolute Gasteiger partial charge is 0.477 e. The molecule has 1 rings (SSSR count). The van der Waals surface area contributed by atoms with Crippen LogP contribution in [0.5, 0.6) is 0 Å². The van der Waals surface area contributed by atoms with Crippen LogP contribution < -0.4 is 0 Å². The number of aromatic nitrogens is 1. The Morgan fingerprint density at radius 1 is 1.75 bits per heavy atom. The summed E-state index contributed by atoms with van der Waals surface area (Å²) < 4.78 is 0. The van der Waals surface area contributed by atoms with Gasteiger partial charge in [0.15, 0.2) is 0 Å². The van der Waals surface area contributed by atoms with Crippen LogP contribution in [-0.4, -0.2) is 16.1 Å². The van der Waals surface area contributed by atoms with E-state index in [4.69, 9.17) is 5.11 Å². The standard InChI is InChI=1S/C5H5NO2/c7-5(8)4-2-1-3-6-4/h1-3,6H,(H,7,8)/i5+1. The maximum atomic E-state index is 10.0. The first kappa shape index (κ1) is 4.90. The number of carboxylic acid groups (broad SMARTS) is 1. The molecule has 8 heavy (non-hydrogen) atoms. The van der Waals surface area contributed by atoms with Gasteiger partial charge in [-0.05, 0) is 12.1 Å². The first-order valence-electron chi connectivity index (χ1n) is 2.17. The van der Waals surface area contributed by atoms with Crippen molar-refractivity contribution >= 4 is 5.97 Å². The Balaban J connectivity index is 2.93. The quantitative estimate of drug-likeness (QED) is 0.526. The summed E-state index contributed by atoms with van der Waals surface area (Å²) in [7, 11) is 0. The van der Waals surface area contributed by atoms with Gasteiger partial charge in [-0.3, -0.25) is 0 Å². The van der Waals surface area contributed by atoms with E-state index in [0.29, 0.717) is 0 Å². The minimum Gasteiger partial charge on any atom is -0.477 e. The molecule has 0 radical (unpaired) electrons. The summed E-state index contributed by atoms with van der Waals surface area (Å²) in [4.78, 5) is 12.6. The van der Waals surface area contributed by atoms with E-state index < -0.39 is 5.97 Å². The molecule has 1 heterocycles. The molecule has 0 bridgehead atoms. The van der Waals surface area contributed by atoms with Gasteiger partial charge in [-0.1, -0.05) is 0 Å². The second kappa shape index (κ2) is 1.69. The van der Waals surface area contributed by atoms with E-state index in [9.17, 15) is 4.79 Å². The number of hydrogen-bond acceptors (Lipinski definition) is 1. The van der Waals surface area contributed by atoms with E-state index in [1.165, 1.54) is 6.07 Å². The van der Waals surface area contributed by atoms with Gasteiger partial charge < -0.3 is 10.1 Å². The number of H-pyrrole nitrogens is 1. The SMILES string of the molecule is O=[13C](O)c1ccc[nH]1. The molecule has 0 atom stereocenters. The Hall–Kier alpha value is -1.25. The summed E-state index contributed by atoms with van der Waals surface area (Å²) in [6, 6.07) is 3.14. The third-order valence-electron chi connectivity index (χ3n) is 0.828. The molecular formula is C5H5NO2. The van der Waals surface area contributed by atoms with Crippen molar-refractivity contribution in [2.24, 2.45) is 0 Å². The normalized spacial score (nSPS) is 9.00. The molecule has 0 aliphatic heterocycles. The fourth-order valence-electron chi connectivity index (χ4n) is 0.463.